The minimum Gasteiger partial charge on any atom is -0.302 e. The van der Waals surface area contributed by atoms with Crippen LogP contribution in [0.15, 0.2) is 47.8 Å². The Hall–Kier alpha value is -2.13. The van der Waals surface area contributed by atoms with Crippen LogP contribution in [0.25, 0.3) is 11.3 Å². The van der Waals surface area contributed by atoms with Crippen LogP contribution in [0.3, 0.4) is 0 Å². The van der Waals surface area contributed by atoms with Gasteiger partial charge in [-0.1, -0.05) is 47.5 Å². The van der Waals surface area contributed by atoms with Gasteiger partial charge in [0.15, 0.2) is 5.13 Å². The lowest BCUT2D eigenvalue weighted by molar-refractivity contribution is -0.116. The van der Waals surface area contributed by atoms with Gasteiger partial charge in [-0.2, -0.15) is 0 Å². The molecule has 29 heavy (non-hydrogen) atoms. The van der Waals surface area contributed by atoms with Crippen molar-refractivity contribution in [2.45, 2.75) is 12.8 Å². The van der Waals surface area contributed by atoms with E-state index < -0.39 is 10.0 Å². The van der Waals surface area contributed by atoms with Gasteiger partial charge in [-0.15, -0.1) is 11.3 Å². The van der Waals surface area contributed by atoms with E-state index in [1.54, 1.807) is 36.4 Å². The van der Waals surface area contributed by atoms with Crippen molar-refractivity contribution >= 4 is 61.3 Å². The highest BCUT2D eigenvalue weighted by molar-refractivity contribution is 7.92. The molecule has 1 aromatic heterocycles. The van der Waals surface area contributed by atoms with Crippen molar-refractivity contribution in [3.63, 3.8) is 0 Å². The van der Waals surface area contributed by atoms with E-state index >= 15 is 0 Å². The summed E-state index contributed by atoms with van der Waals surface area (Å²) in [5.41, 5.74) is 2.79. The lowest BCUT2D eigenvalue weighted by atomic mass is 10.1. The normalized spacial score (nSPS) is 11.3. The van der Waals surface area contributed by atoms with Gasteiger partial charge in [-0.3, -0.25) is 9.52 Å². The van der Waals surface area contributed by atoms with Crippen LogP contribution < -0.4 is 10.0 Å². The summed E-state index contributed by atoms with van der Waals surface area (Å²) in [5, 5.41) is 6.02. The van der Waals surface area contributed by atoms with Crippen molar-refractivity contribution in [3.8, 4) is 11.3 Å². The summed E-state index contributed by atoms with van der Waals surface area (Å²) in [6, 6.07) is 12.2. The van der Waals surface area contributed by atoms with Crippen molar-refractivity contribution < 1.29 is 13.2 Å². The van der Waals surface area contributed by atoms with Crippen LogP contribution in [0.1, 0.15) is 12.0 Å². The average Bonchev–Trinajstić information content (AvgIpc) is 3.10. The molecule has 0 aliphatic heterocycles. The molecule has 0 spiro atoms. The second kappa shape index (κ2) is 9.13. The Morgan fingerprint density at radius 2 is 1.86 bits per heavy atom. The molecular formula is C19H17Cl2N3O3S2. The van der Waals surface area contributed by atoms with Crippen LogP contribution in [-0.4, -0.2) is 25.6 Å². The number of nitrogens with zero attached hydrogens (tertiary/aromatic N) is 1. The molecule has 10 heteroatoms. The lowest BCUT2D eigenvalue weighted by Gasteiger charge is -2.06. The van der Waals surface area contributed by atoms with Crippen molar-refractivity contribution in [3.05, 3.63) is 63.5 Å². The average molecular weight is 470 g/mol. The van der Waals surface area contributed by atoms with E-state index in [2.05, 4.69) is 15.0 Å². The van der Waals surface area contributed by atoms with Crippen LogP contribution in [0, 0.1) is 0 Å². The maximum Gasteiger partial charge on any atom is 0.229 e. The number of hydrogen-bond acceptors (Lipinski definition) is 5. The molecule has 0 unspecified atom stereocenters. The second-order valence-corrected chi connectivity index (χ2v) is 9.64. The first-order chi connectivity index (χ1) is 13.7. The van der Waals surface area contributed by atoms with E-state index in [0.717, 1.165) is 17.4 Å². The molecule has 1 amide bonds. The van der Waals surface area contributed by atoms with Crippen LogP contribution in [0.5, 0.6) is 0 Å². The first-order valence-electron chi connectivity index (χ1n) is 8.48. The summed E-state index contributed by atoms with van der Waals surface area (Å²) in [5.74, 6) is -0.172. The zero-order valence-electron chi connectivity index (χ0n) is 15.3. The summed E-state index contributed by atoms with van der Waals surface area (Å²) in [6.07, 6.45) is 1.82. The molecule has 0 saturated carbocycles. The van der Waals surface area contributed by atoms with E-state index in [4.69, 9.17) is 23.2 Å². The minimum absolute atomic E-state index is 0.172. The highest BCUT2D eigenvalue weighted by atomic mass is 35.5. The molecule has 3 aromatic rings. The van der Waals surface area contributed by atoms with Gasteiger partial charge >= 0.3 is 0 Å². The van der Waals surface area contributed by atoms with Crippen LogP contribution in [-0.2, 0) is 21.2 Å². The van der Waals surface area contributed by atoms with Crippen LogP contribution in [0.2, 0.25) is 10.0 Å². The second-order valence-electron chi connectivity index (χ2n) is 6.25. The first-order valence-corrected chi connectivity index (χ1v) is 12.0. The zero-order valence-corrected chi connectivity index (χ0v) is 18.4. The molecule has 0 saturated heterocycles. The number of aryl methyl sites for hydroxylation is 1. The van der Waals surface area contributed by atoms with Crippen molar-refractivity contribution in [2.24, 2.45) is 0 Å². The van der Waals surface area contributed by atoms with Gasteiger partial charge in [-0.25, -0.2) is 13.4 Å². The van der Waals surface area contributed by atoms with E-state index in [1.165, 1.54) is 11.3 Å². The zero-order chi connectivity index (χ0) is 21.0. The number of aromatic nitrogens is 1. The number of amides is 1. The van der Waals surface area contributed by atoms with E-state index in [0.29, 0.717) is 33.0 Å². The molecule has 0 atom stereocenters. The molecule has 6 nitrogen and oxygen atoms in total. The van der Waals surface area contributed by atoms with E-state index in [9.17, 15) is 13.2 Å². The highest BCUT2D eigenvalue weighted by Gasteiger charge is 2.11. The Balaban J connectivity index is 1.59. The van der Waals surface area contributed by atoms with Crippen LogP contribution >= 0.6 is 34.5 Å². The number of carbonyl (C=O) groups is 1. The van der Waals surface area contributed by atoms with E-state index in [1.807, 2.05) is 11.4 Å². The Bertz CT molecular complexity index is 1130. The highest BCUT2D eigenvalue weighted by Crippen LogP contribution is 2.28. The monoisotopic (exact) mass is 469 g/mol. The SMILES string of the molecule is CS(=O)(=O)Nc1ccc(-c2csc(NC(=O)CCc3cccc(Cl)c3Cl)n2)cc1. The maximum absolute atomic E-state index is 12.2. The summed E-state index contributed by atoms with van der Waals surface area (Å²) in [7, 11) is -3.32. The van der Waals surface area contributed by atoms with E-state index in [-0.39, 0.29) is 12.3 Å². The molecule has 0 aliphatic carbocycles. The van der Waals surface area contributed by atoms with Gasteiger partial charge in [0.2, 0.25) is 15.9 Å². The lowest BCUT2D eigenvalue weighted by Crippen LogP contribution is -2.12. The van der Waals surface area contributed by atoms with Crippen molar-refractivity contribution in [1.82, 2.24) is 4.98 Å². The third kappa shape index (κ3) is 6.17. The quantitative estimate of drug-likeness (QED) is 0.505. The number of rotatable bonds is 7. The molecule has 2 aromatic carbocycles. The topological polar surface area (TPSA) is 88.2 Å². The predicted octanol–water partition coefficient (Wildman–Crippen LogP) is 5.06. The van der Waals surface area contributed by atoms with Gasteiger partial charge in [0.1, 0.15) is 0 Å². The molecule has 0 fully saturated rings. The van der Waals surface area contributed by atoms with Crippen LogP contribution in [0.4, 0.5) is 10.8 Å². The molecule has 2 N–H and O–H groups in total. The smallest absolute Gasteiger partial charge is 0.229 e. The fourth-order valence-electron chi connectivity index (χ4n) is 2.56. The standard InChI is InChI=1S/C19H17Cl2N3O3S2/c1-29(26,27)24-14-8-5-12(6-9-14)16-11-28-19(22-16)23-17(25)10-7-13-3-2-4-15(20)18(13)21/h2-6,8-9,11,24H,7,10H2,1H3,(H,22,23,25). The molecule has 3 rings (SSSR count). The molecular weight excluding hydrogens is 453 g/mol. The van der Waals surface area contributed by atoms with Gasteiger partial charge in [-0.05, 0) is 30.2 Å². The summed E-state index contributed by atoms with van der Waals surface area (Å²) in [4.78, 5) is 16.6. The molecule has 152 valence electrons. The third-order valence-corrected chi connectivity index (χ3v) is 6.11. The number of carbonyl (C=O) groups excluding carboxylic acids is 1. The Morgan fingerprint density at radius 1 is 1.14 bits per heavy atom. The van der Waals surface area contributed by atoms with Crippen molar-refractivity contribution in [2.75, 3.05) is 16.3 Å². The number of thiazole rings is 1. The van der Waals surface area contributed by atoms with Gasteiger partial charge in [0.05, 0.1) is 22.0 Å². The fourth-order valence-corrected chi connectivity index (χ4v) is 4.27. The summed E-state index contributed by atoms with van der Waals surface area (Å²) in [6.45, 7) is 0. The predicted molar refractivity (Wildman–Crippen MR) is 119 cm³/mol. The minimum atomic E-state index is -3.32. The molecule has 0 radical (unpaired) electrons. The summed E-state index contributed by atoms with van der Waals surface area (Å²) < 4.78 is 24.9. The van der Waals surface area contributed by atoms with Gasteiger partial charge < -0.3 is 5.32 Å². The number of halogens is 2. The molecule has 0 bridgehead atoms. The fraction of sp³-hybridized carbons (Fsp3) is 0.158. The Morgan fingerprint density at radius 3 is 2.55 bits per heavy atom. The number of benzene rings is 2. The van der Waals surface area contributed by atoms with Gasteiger partial charge in [0, 0.05) is 23.1 Å². The Labute approximate surface area is 182 Å². The number of hydrogen-bond donors (Lipinski definition) is 2. The number of sulfonamides is 1. The number of nitrogens with one attached hydrogen (secondary N) is 2. The van der Waals surface area contributed by atoms with Crippen molar-refractivity contribution in [1.29, 1.82) is 0 Å². The molecule has 0 aliphatic rings. The third-order valence-electron chi connectivity index (χ3n) is 3.89. The largest absolute Gasteiger partial charge is 0.302 e. The maximum atomic E-state index is 12.2. The molecule has 1 heterocycles. The van der Waals surface area contributed by atoms with Gasteiger partial charge in [0.25, 0.3) is 0 Å². The Kier molecular flexibility index (Phi) is 6.79. The first kappa shape index (κ1) is 21.6. The number of anilines is 2. The summed E-state index contributed by atoms with van der Waals surface area (Å²) >= 11 is 13.4.